The highest BCUT2D eigenvalue weighted by molar-refractivity contribution is 5.96. The molecule has 2 heterocycles. The van der Waals surface area contributed by atoms with Crippen molar-refractivity contribution in [1.29, 1.82) is 0 Å². The largest absolute Gasteiger partial charge is 0.443 e. The topological polar surface area (TPSA) is 107 Å². The van der Waals surface area contributed by atoms with E-state index in [1.54, 1.807) is 6.92 Å². The Hall–Kier alpha value is -2.51. The number of nitrogens with two attached hydrogens (primary N) is 1. The Balaban J connectivity index is 1.85. The number of halogens is 1. The van der Waals surface area contributed by atoms with Crippen LogP contribution in [-0.4, -0.2) is 33.1 Å². The van der Waals surface area contributed by atoms with Gasteiger partial charge in [0.05, 0.1) is 17.9 Å². The summed E-state index contributed by atoms with van der Waals surface area (Å²) in [4.78, 5) is 24.5. The standard InChI is InChI=1S/C14H16FN5O2/c1-7-10(14-17-5-6-22-14)20-12(16)11(18-7)13(21)19-9-4-2-3-8(9)15/h5-6,8-9H,2-4H2,1H3,(H2,16,20)(H,19,21). The van der Waals surface area contributed by atoms with Crippen molar-refractivity contribution < 1.29 is 13.6 Å². The molecule has 8 heteroatoms. The Labute approximate surface area is 126 Å². The number of anilines is 1. The Bertz CT molecular complexity index is 689. The molecule has 1 aliphatic rings. The number of nitrogen functional groups attached to an aromatic ring is 1. The number of carbonyl (C=O) groups excluding carboxylic acids is 1. The maximum atomic E-state index is 13.6. The van der Waals surface area contributed by atoms with E-state index in [9.17, 15) is 9.18 Å². The molecule has 116 valence electrons. The van der Waals surface area contributed by atoms with Crippen molar-refractivity contribution >= 4 is 11.7 Å². The normalized spacial score (nSPS) is 21.0. The summed E-state index contributed by atoms with van der Waals surface area (Å²) in [7, 11) is 0. The van der Waals surface area contributed by atoms with Crippen molar-refractivity contribution in [3.8, 4) is 11.6 Å². The Morgan fingerprint density at radius 3 is 2.91 bits per heavy atom. The first-order valence-electron chi connectivity index (χ1n) is 7.05. The molecular weight excluding hydrogens is 289 g/mol. The molecule has 7 nitrogen and oxygen atoms in total. The van der Waals surface area contributed by atoms with E-state index in [1.807, 2.05) is 0 Å². The number of hydrogen-bond donors (Lipinski definition) is 2. The van der Waals surface area contributed by atoms with Crippen LogP contribution in [0.25, 0.3) is 11.6 Å². The van der Waals surface area contributed by atoms with Gasteiger partial charge < -0.3 is 15.5 Å². The van der Waals surface area contributed by atoms with E-state index in [-0.39, 0.29) is 17.4 Å². The zero-order chi connectivity index (χ0) is 15.7. The second-order valence-corrected chi connectivity index (χ2v) is 5.26. The van der Waals surface area contributed by atoms with Crippen molar-refractivity contribution in [3.63, 3.8) is 0 Å². The number of nitrogens with one attached hydrogen (secondary N) is 1. The predicted octanol–water partition coefficient (Wildman–Crippen LogP) is 1.64. The van der Waals surface area contributed by atoms with Gasteiger partial charge in [0.1, 0.15) is 18.1 Å². The lowest BCUT2D eigenvalue weighted by Crippen LogP contribution is -2.39. The maximum Gasteiger partial charge on any atom is 0.274 e. The molecule has 3 rings (SSSR count). The monoisotopic (exact) mass is 305 g/mol. The highest BCUT2D eigenvalue weighted by Crippen LogP contribution is 2.24. The zero-order valence-electron chi connectivity index (χ0n) is 12.0. The summed E-state index contributed by atoms with van der Waals surface area (Å²) in [6.45, 7) is 1.68. The summed E-state index contributed by atoms with van der Waals surface area (Å²) in [6.07, 6.45) is 3.71. The minimum Gasteiger partial charge on any atom is -0.443 e. The first-order chi connectivity index (χ1) is 10.6. The maximum absolute atomic E-state index is 13.6. The molecule has 1 fully saturated rings. The average molecular weight is 305 g/mol. The molecule has 0 saturated heterocycles. The van der Waals surface area contributed by atoms with Crippen molar-refractivity contribution in [2.24, 2.45) is 0 Å². The van der Waals surface area contributed by atoms with Gasteiger partial charge in [0.2, 0.25) is 5.89 Å². The van der Waals surface area contributed by atoms with E-state index in [0.717, 1.165) is 6.42 Å². The van der Waals surface area contributed by atoms with E-state index in [2.05, 4.69) is 20.3 Å². The molecule has 0 radical (unpaired) electrons. The molecule has 1 saturated carbocycles. The molecule has 22 heavy (non-hydrogen) atoms. The van der Waals surface area contributed by atoms with Crippen LogP contribution in [0.5, 0.6) is 0 Å². The molecule has 2 atom stereocenters. The van der Waals surface area contributed by atoms with Crippen LogP contribution in [0, 0.1) is 6.92 Å². The molecule has 0 spiro atoms. The summed E-state index contributed by atoms with van der Waals surface area (Å²) in [5, 5.41) is 2.63. The van der Waals surface area contributed by atoms with Crippen LogP contribution in [-0.2, 0) is 0 Å². The summed E-state index contributed by atoms with van der Waals surface area (Å²) in [6, 6.07) is -0.486. The van der Waals surface area contributed by atoms with E-state index in [0.29, 0.717) is 24.2 Å². The fourth-order valence-electron chi connectivity index (χ4n) is 2.56. The number of oxazole rings is 1. The first kappa shape index (κ1) is 14.4. The predicted molar refractivity (Wildman–Crippen MR) is 76.7 cm³/mol. The minimum absolute atomic E-state index is 0.00749. The number of alkyl halides is 1. The number of nitrogens with zero attached hydrogens (tertiary/aromatic N) is 3. The number of aryl methyl sites for hydroxylation is 1. The van der Waals surface area contributed by atoms with Crippen LogP contribution >= 0.6 is 0 Å². The molecule has 1 amide bonds. The van der Waals surface area contributed by atoms with E-state index in [1.165, 1.54) is 12.5 Å². The highest BCUT2D eigenvalue weighted by atomic mass is 19.1. The first-order valence-corrected chi connectivity index (χ1v) is 7.05. The van der Waals surface area contributed by atoms with Gasteiger partial charge in [-0.2, -0.15) is 0 Å². The van der Waals surface area contributed by atoms with Crippen molar-refractivity contribution in [2.75, 3.05) is 5.73 Å². The summed E-state index contributed by atoms with van der Waals surface area (Å²) >= 11 is 0. The Morgan fingerprint density at radius 1 is 1.45 bits per heavy atom. The van der Waals surface area contributed by atoms with Crippen LogP contribution in [0.3, 0.4) is 0 Å². The third-order valence-corrected chi connectivity index (χ3v) is 3.70. The average Bonchev–Trinajstić information content (AvgIpc) is 3.13. The van der Waals surface area contributed by atoms with Gasteiger partial charge in [-0.05, 0) is 26.2 Å². The van der Waals surface area contributed by atoms with Crippen molar-refractivity contribution in [1.82, 2.24) is 20.3 Å². The molecule has 2 unspecified atom stereocenters. The van der Waals surface area contributed by atoms with Gasteiger partial charge in [-0.3, -0.25) is 4.79 Å². The Kier molecular flexibility index (Phi) is 3.74. The van der Waals surface area contributed by atoms with Crippen LogP contribution < -0.4 is 11.1 Å². The third-order valence-electron chi connectivity index (χ3n) is 3.70. The summed E-state index contributed by atoms with van der Waals surface area (Å²) < 4.78 is 18.7. The molecule has 0 aliphatic heterocycles. The van der Waals surface area contributed by atoms with E-state index < -0.39 is 18.1 Å². The summed E-state index contributed by atoms with van der Waals surface area (Å²) in [5.74, 6) is -0.269. The molecular formula is C14H16FN5O2. The zero-order valence-corrected chi connectivity index (χ0v) is 12.0. The summed E-state index contributed by atoms with van der Waals surface area (Å²) in [5.41, 5.74) is 6.64. The molecule has 2 aromatic heterocycles. The quantitative estimate of drug-likeness (QED) is 0.892. The number of carbonyl (C=O) groups is 1. The van der Waals surface area contributed by atoms with Gasteiger partial charge in [0, 0.05) is 0 Å². The molecule has 1 aliphatic carbocycles. The number of aromatic nitrogens is 3. The fraction of sp³-hybridized carbons (Fsp3) is 0.429. The van der Waals surface area contributed by atoms with E-state index >= 15 is 0 Å². The molecule has 3 N–H and O–H groups in total. The smallest absolute Gasteiger partial charge is 0.274 e. The van der Waals surface area contributed by atoms with Crippen molar-refractivity contribution in [2.45, 2.75) is 38.4 Å². The minimum atomic E-state index is -1.02. The lowest BCUT2D eigenvalue weighted by Gasteiger charge is -2.15. The SMILES string of the molecule is Cc1nc(C(=O)NC2CCCC2F)c(N)nc1-c1ncco1. The van der Waals surface area contributed by atoms with Gasteiger partial charge >= 0.3 is 0 Å². The van der Waals surface area contributed by atoms with Crippen LogP contribution in [0.15, 0.2) is 16.9 Å². The highest BCUT2D eigenvalue weighted by Gasteiger charge is 2.30. The lowest BCUT2D eigenvalue weighted by atomic mass is 10.2. The van der Waals surface area contributed by atoms with Crippen LogP contribution in [0.4, 0.5) is 10.2 Å². The number of hydrogen-bond acceptors (Lipinski definition) is 6. The van der Waals surface area contributed by atoms with E-state index in [4.69, 9.17) is 10.2 Å². The second-order valence-electron chi connectivity index (χ2n) is 5.26. The fourth-order valence-corrected chi connectivity index (χ4v) is 2.56. The number of rotatable bonds is 3. The molecule has 0 bridgehead atoms. The number of amides is 1. The van der Waals surface area contributed by atoms with Crippen LogP contribution in [0.2, 0.25) is 0 Å². The Morgan fingerprint density at radius 2 is 2.27 bits per heavy atom. The van der Waals surface area contributed by atoms with Gasteiger partial charge in [0.15, 0.2) is 11.5 Å². The molecule has 0 aromatic carbocycles. The van der Waals surface area contributed by atoms with Crippen LogP contribution in [0.1, 0.15) is 35.4 Å². The van der Waals surface area contributed by atoms with Crippen molar-refractivity contribution in [3.05, 3.63) is 23.8 Å². The van der Waals surface area contributed by atoms with Gasteiger partial charge in [0.25, 0.3) is 5.91 Å². The second kappa shape index (κ2) is 5.70. The van der Waals surface area contributed by atoms with Gasteiger partial charge in [-0.15, -0.1) is 0 Å². The third kappa shape index (κ3) is 2.63. The lowest BCUT2D eigenvalue weighted by molar-refractivity contribution is 0.0914. The molecule has 2 aromatic rings. The van der Waals surface area contributed by atoms with Gasteiger partial charge in [-0.25, -0.2) is 19.3 Å². The van der Waals surface area contributed by atoms with Gasteiger partial charge in [-0.1, -0.05) is 0 Å².